The summed E-state index contributed by atoms with van der Waals surface area (Å²) >= 11 is 1.32. The van der Waals surface area contributed by atoms with Gasteiger partial charge in [-0.25, -0.2) is 14.8 Å². The van der Waals surface area contributed by atoms with Crippen molar-refractivity contribution in [3.05, 3.63) is 76.5 Å². The van der Waals surface area contributed by atoms with Crippen LogP contribution in [-0.4, -0.2) is 17.1 Å². The van der Waals surface area contributed by atoms with Crippen molar-refractivity contribution < 1.29 is 9.18 Å². The van der Waals surface area contributed by atoms with Crippen molar-refractivity contribution in [2.45, 2.75) is 6.92 Å². The lowest BCUT2D eigenvalue weighted by atomic mass is 10.2. The van der Waals surface area contributed by atoms with Crippen LogP contribution in [0, 0.1) is 12.7 Å². The number of carbonyl (C=O) groups is 1. The average molecular weight is 339 g/mol. The lowest BCUT2D eigenvalue weighted by molar-refractivity contribution is 0.0958. The fraction of sp³-hybridized carbons (Fsp3) is 0.0556. The molecule has 0 saturated carbocycles. The van der Waals surface area contributed by atoms with Gasteiger partial charge < -0.3 is 0 Å². The Bertz CT molecular complexity index is 873. The van der Waals surface area contributed by atoms with Crippen molar-refractivity contribution in [2.75, 3.05) is 0 Å². The zero-order valence-electron chi connectivity index (χ0n) is 12.9. The molecule has 1 N–H and O–H groups in total. The normalized spacial score (nSPS) is 10.9. The summed E-state index contributed by atoms with van der Waals surface area (Å²) in [5.74, 6) is -0.629. The Hall–Kier alpha value is -2.86. The van der Waals surface area contributed by atoms with Gasteiger partial charge in [0.2, 0.25) is 0 Å². The monoisotopic (exact) mass is 339 g/mol. The van der Waals surface area contributed by atoms with Crippen molar-refractivity contribution in [2.24, 2.45) is 5.10 Å². The topological polar surface area (TPSA) is 54.4 Å². The van der Waals surface area contributed by atoms with Gasteiger partial charge in [0.05, 0.1) is 11.9 Å². The van der Waals surface area contributed by atoms with Gasteiger partial charge in [0.1, 0.15) is 15.7 Å². The molecule has 0 unspecified atom stereocenters. The van der Waals surface area contributed by atoms with Crippen LogP contribution in [0.5, 0.6) is 0 Å². The first-order valence-corrected chi connectivity index (χ1v) is 8.07. The molecule has 3 aromatic rings. The number of rotatable bonds is 4. The number of hydrazone groups is 1. The van der Waals surface area contributed by atoms with E-state index in [4.69, 9.17) is 0 Å². The Labute approximate surface area is 142 Å². The van der Waals surface area contributed by atoms with E-state index in [0.717, 1.165) is 10.6 Å². The van der Waals surface area contributed by atoms with E-state index in [2.05, 4.69) is 15.5 Å². The molecule has 2 aromatic carbocycles. The van der Waals surface area contributed by atoms with Crippen LogP contribution in [0.3, 0.4) is 0 Å². The molecule has 0 saturated heterocycles. The van der Waals surface area contributed by atoms with Crippen molar-refractivity contribution in [1.29, 1.82) is 0 Å². The van der Waals surface area contributed by atoms with Crippen LogP contribution < -0.4 is 5.43 Å². The summed E-state index contributed by atoms with van der Waals surface area (Å²) < 4.78 is 12.8. The number of hydrogen-bond acceptors (Lipinski definition) is 4. The first-order valence-electron chi connectivity index (χ1n) is 7.25. The highest BCUT2D eigenvalue weighted by Crippen LogP contribution is 2.27. The third kappa shape index (κ3) is 3.72. The number of halogens is 1. The minimum atomic E-state index is -0.315. The Morgan fingerprint density at radius 2 is 1.88 bits per heavy atom. The molecule has 0 atom stereocenters. The molecule has 0 aliphatic rings. The van der Waals surface area contributed by atoms with E-state index in [1.165, 1.54) is 29.7 Å². The second kappa shape index (κ2) is 7.14. The summed E-state index contributed by atoms with van der Waals surface area (Å²) in [6.07, 6.45) is 1.46. The molecule has 3 rings (SSSR count). The molecule has 0 spiro atoms. The third-order valence-corrected chi connectivity index (χ3v) is 4.48. The molecule has 120 valence electrons. The molecule has 1 heterocycles. The number of benzene rings is 2. The van der Waals surface area contributed by atoms with Crippen LogP contribution in [-0.2, 0) is 0 Å². The zero-order chi connectivity index (χ0) is 16.9. The summed E-state index contributed by atoms with van der Waals surface area (Å²) in [5, 5.41) is 4.69. The van der Waals surface area contributed by atoms with E-state index < -0.39 is 0 Å². The molecular formula is C18H14FN3OS. The molecule has 0 fully saturated rings. The Morgan fingerprint density at radius 3 is 2.58 bits per heavy atom. The largest absolute Gasteiger partial charge is 0.283 e. The van der Waals surface area contributed by atoms with Crippen LogP contribution in [0.1, 0.15) is 20.9 Å². The van der Waals surface area contributed by atoms with E-state index in [1.54, 1.807) is 19.1 Å². The van der Waals surface area contributed by atoms with Crippen LogP contribution in [0.2, 0.25) is 0 Å². The molecule has 0 aliphatic heterocycles. The maximum Gasteiger partial charge on any atom is 0.283 e. The van der Waals surface area contributed by atoms with Gasteiger partial charge in [-0.2, -0.15) is 5.10 Å². The first kappa shape index (κ1) is 16.0. The number of nitrogens with one attached hydrogen (secondary N) is 1. The van der Waals surface area contributed by atoms with Crippen LogP contribution >= 0.6 is 11.3 Å². The predicted octanol–water partition coefficient (Wildman–Crippen LogP) is 4.02. The van der Waals surface area contributed by atoms with E-state index in [9.17, 15) is 9.18 Å². The first-order chi connectivity index (χ1) is 11.6. The van der Waals surface area contributed by atoms with Crippen molar-refractivity contribution >= 4 is 23.5 Å². The minimum Gasteiger partial charge on any atom is -0.266 e. The number of aromatic nitrogens is 1. The second-order valence-corrected chi connectivity index (χ2v) is 6.05. The lowest BCUT2D eigenvalue weighted by Crippen LogP contribution is -2.17. The SMILES string of the molecule is Cc1nc(-c2ccccc2)sc1C(=O)N/N=C/c1ccc(F)cc1. The highest BCUT2D eigenvalue weighted by Gasteiger charge is 2.15. The second-order valence-electron chi connectivity index (χ2n) is 5.05. The van der Waals surface area contributed by atoms with Gasteiger partial charge in [0, 0.05) is 5.56 Å². The predicted molar refractivity (Wildman–Crippen MR) is 93.7 cm³/mol. The fourth-order valence-corrected chi connectivity index (χ4v) is 3.04. The maximum atomic E-state index is 12.8. The van der Waals surface area contributed by atoms with Gasteiger partial charge in [-0.05, 0) is 24.6 Å². The van der Waals surface area contributed by atoms with Gasteiger partial charge in [0.15, 0.2) is 0 Å². The van der Waals surface area contributed by atoms with Gasteiger partial charge in [-0.1, -0.05) is 42.5 Å². The Balaban J connectivity index is 1.71. The van der Waals surface area contributed by atoms with Crippen molar-refractivity contribution in [1.82, 2.24) is 10.4 Å². The molecule has 4 nitrogen and oxygen atoms in total. The number of nitrogens with zero attached hydrogens (tertiary/aromatic N) is 2. The standard InChI is InChI=1S/C18H14FN3OS/c1-12-16(24-18(21-12)14-5-3-2-4-6-14)17(23)22-20-11-13-7-9-15(19)10-8-13/h2-11H,1H3,(H,22,23)/b20-11+. The fourth-order valence-electron chi connectivity index (χ4n) is 2.08. The maximum absolute atomic E-state index is 12.8. The van der Waals surface area contributed by atoms with Crippen LogP contribution in [0.4, 0.5) is 4.39 Å². The summed E-state index contributed by atoms with van der Waals surface area (Å²) in [7, 11) is 0. The lowest BCUT2D eigenvalue weighted by Gasteiger charge is -1.97. The van der Waals surface area contributed by atoms with Gasteiger partial charge in [0.25, 0.3) is 5.91 Å². The molecular weight excluding hydrogens is 325 g/mol. The highest BCUT2D eigenvalue weighted by molar-refractivity contribution is 7.17. The molecule has 0 radical (unpaired) electrons. The highest BCUT2D eigenvalue weighted by atomic mass is 32.1. The van der Waals surface area contributed by atoms with E-state index in [1.807, 2.05) is 30.3 Å². The summed E-state index contributed by atoms with van der Waals surface area (Å²) in [6.45, 7) is 1.79. The van der Waals surface area contributed by atoms with Gasteiger partial charge in [-0.15, -0.1) is 11.3 Å². The van der Waals surface area contributed by atoms with Gasteiger partial charge in [-0.3, -0.25) is 4.79 Å². The molecule has 1 amide bonds. The Kier molecular flexibility index (Phi) is 4.77. The summed E-state index contributed by atoms with van der Waals surface area (Å²) in [6, 6.07) is 15.5. The molecule has 1 aromatic heterocycles. The van der Waals surface area contributed by atoms with E-state index in [-0.39, 0.29) is 11.7 Å². The summed E-state index contributed by atoms with van der Waals surface area (Å²) in [4.78, 5) is 17.2. The Morgan fingerprint density at radius 1 is 1.17 bits per heavy atom. The smallest absolute Gasteiger partial charge is 0.266 e. The van der Waals surface area contributed by atoms with Crippen LogP contribution in [0.15, 0.2) is 59.7 Å². The van der Waals surface area contributed by atoms with Gasteiger partial charge >= 0.3 is 0 Å². The average Bonchev–Trinajstić information content (AvgIpc) is 2.99. The molecule has 0 aliphatic carbocycles. The molecule has 6 heteroatoms. The number of hydrogen-bond donors (Lipinski definition) is 1. The van der Waals surface area contributed by atoms with E-state index in [0.29, 0.717) is 16.1 Å². The minimum absolute atomic E-state index is 0.314. The number of amides is 1. The van der Waals surface area contributed by atoms with Crippen molar-refractivity contribution in [3.8, 4) is 10.6 Å². The number of carbonyl (C=O) groups excluding carboxylic acids is 1. The molecule has 0 bridgehead atoms. The quantitative estimate of drug-likeness (QED) is 0.576. The molecule has 24 heavy (non-hydrogen) atoms. The van der Waals surface area contributed by atoms with Crippen molar-refractivity contribution in [3.63, 3.8) is 0 Å². The number of thiazole rings is 1. The third-order valence-electron chi connectivity index (χ3n) is 3.27. The summed E-state index contributed by atoms with van der Waals surface area (Å²) in [5.41, 5.74) is 4.80. The van der Waals surface area contributed by atoms with Crippen LogP contribution in [0.25, 0.3) is 10.6 Å². The number of aryl methyl sites for hydroxylation is 1. The zero-order valence-corrected chi connectivity index (χ0v) is 13.7. The van der Waals surface area contributed by atoms with E-state index >= 15 is 0 Å².